The monoisotopic (exact) mass is 471 g/mol. The van der Waals surface area contributed by atoms with Gasteiger partial charge in [0.1, 0.15) is 13.2 Å². The van der Waals surface area contributed by atoms with Crippen molar-refractivity contribution in [2.75, 3.05) is 26.3 Å². The zero-order chi connectivity index (χ0) is 19.4. The molecule has 2 aromatic rings. The molecule has 2 aromatic carbocycles. The van der Waals surface area contributed by atoms with Crippen LogP contribution in [-0.4, -0.2) is 31.0 Å². The summed E-state index contributed by atoms with van der Waals surface area (Å²) in [5.74, 6) is 0. The predicted octanol–water partition coefficient (Wildman–Crippen LogP) is 6.54. The number of halogens is 2. The summed E-state index contributed by atoms with van der Waals surface area (Å²) >= 11 is -0.826. The number of aryl methyl sites for hydroxylation is 4. The third kappa shape index (κ3) is 8.44. The molecule has 0 atom stereocenters. The van der Waals surface area contributed by atoms with Crippen LogP contribution in [0.5, 0.6) is 0 Å². The molecule has 26 heavy (non-hydrogen) atoms. The van der Waals surface area contributed by atoms with Gasteiger partial charge in [0, 0.05) is 0 Å². The van der Waals surface area contributed by atoms with Crippen LogP contribution in [0.15, 0.2) is 36.4 Å². The maximum atomic E-state index is 4.93. The fourth-order valence-corrected chi connectivity index (χ4v) is 2.69. The molecule has 0 heterocycles. The molecule has 6 heteroatoms. The average Bonchev–Trinajstić information content (AvgIpc) is 2.59. The van der Waals surface area contributed by atoms with Gasteiger partial charge < -0.3 is 15.4 Å². The molecule has 0 amide bonds. The van der Waals surface area contributed by atoms with Gasteiger partial charge in [-0.05, 0) is 27.7 Å². The molecular weight excluding hydrogens is 446 g/mol. The number of nitrogens with zero attached hydrogens (tertiary/aromatic N) is 2. The number of ether oxygens (including phenoxy) is 1. The number of aliphatic hydroxyl groups is 2. The van der Waals surface area contributed by atoms with E-state index in [0.29, 0.717) is 0 Å². The van der Waals surface area contributed by atoms with Gasteiger partial charge in [0.25, 0.3) is 0 Å². The van der Waals surface area contributed by atoms with E-state index in [2.05, 4.69) is 79.5 Å². The number of benzene rings is 2. The summed E-state index contributed by atoms with van der Waals surface area (Å²) in [5, 5.41) is 9.33. The van der Waals surface area contributed by atoms with Crippen molar-refractivity contribution >= 4 is 28.4 Å². The van der Waals surface area contributed by atoms with E-state index in [9.17, 15) is 0 Å². The quantitative estimate of drug-likeness (QED) is 0.309. The summed E-state index contributed by atoms with van der Waals surface area (Å²) in [7, 11) is 9.87. The Hall–Kier alpha value is -0.537. The first kappa shape index (κ1) is 23.5. The maximum absolute atomic E-state index is 4.93. The Labute approximate surface area is 176 Å². The Bertz CT molecular complexity index is 572. The molecule has 0 saturated heterocycles. The number of hydrogen-bond acceptors (Lipinski definition) is 0. The molecule has 142 valence electrons. The molecule has 0 unspecified atom stereocenters. The molecule has 3 nitrogen and oxygen atoms in total. The van der Waals surface area contributed by atoms with E-state index in [1.165, 1.54) is 22.3 Å². The summed E-state index contributed by atoms with van der Waals surface area (Å²) in [5.41, 5.74) is 7.15. The minimum absolute atomic E-state index is 0.745. The van der Waals surface area contributed by atoms with Crippen molar-refractivity contribution in [3.05, 3.63) is 69.3 Å². The van der Waals surface area contributed by atoms with Crippen LogP contribution >= 0.6 is 17.0 Å². The van der Waals surface area contributed by atoms with Crippen molar-refractivity contribution in [1.82, 2.24) is 0 Å². The van der Waals surface area contributed by atoms with Crippen LogP contribution in [0.3, 0.4) is 0 Å². The second-order valence-corrected chi connectivity index (χ2v) is 9.72. The van der Waals surface area contributed by atoms with E-state index >= 15 is 0 Å². The normalized spacial score (nSPS) is 9.92. The predicted molar refractivity (Wildman–Crippen MR) is 111 cm³/mol. The van der Waals surface area contributed by atoms with Crippen LogP contribution in [0.25, 0.3) is 10.6 Å². The Kier molecular flexibility index (Phi) is 12.3. The SMILES string of the molecule is Cc1cccc(C)c1[N-]CC[OH+]CC[N-]c1c(C)cccc1C.[Cl][Zr][Cl]. The fraction of sp³-hybridized carbons (Fsp3) is 0.400. The van der Waals surface area contributed by atoms with Crippen molar-refractivity contribution in [2.45, 2.75) is 27.7 Å². The van der Waals surface area contributed by atoms with Crippen molar-refractivity contribution < 1.29 is 25.6 Å². The number of rotatable bonds is 8. The molecule has 0 aliphatic carbocycles. The van der Waals surface area contributed by atoms with Crippen molar-refractivity contribution in [1.29, 1.82) is 0 Å². The topological polar surface area (TPSA) is 41.0 Å². The van der Waals surface area contributed by atoms with Gasteiger partial charge in [0.2, 0.25) is 0 Å². The molecule has 0 radical (unpaired) electrons. The van der Waals surface area contributed by atoms with Crippen molar-refractivity contribution in [3.8, 4) is 0 Å². The van der Waals surface area contributed by atoms with E-state index in [1.54, 1.807) is 0 Å². The van der Waals surface area contributed by atoms with E-state index in [-0.39, 0.29) is 0 Å². The third-order valence-corrected chi connectivity index (χ3v) is 3.94. The van der Waals surface area contributed by atoms with E-state index in [0.717, 1.165) is 37.7 Å². The van der Waals surface area contributed by atoms with Gasteiger partial charge in [-0.25, -0.2) is 0 Å². The second-order valence-electron chi connectivity index (χ2n) is 5.99. The molecule has 0 fully saturated rings. The van der Waals surface area contributed by atoms with Crippen LogP contribution in [0, 0.1) is 27.7 Å². The number of hydrogen-bond donors (Lipinski definition) is 0. The third-order valence-electron chi connectivity index (χ3n) is 3.94. The van der Waals surface area contributed by atoms with Crippen LogP contribution in [0.4, 0.5) is 11.4 Å². The molecule has 0 aromatic heterocycles. The van der Waals surface area contributed by atoms with Crippen LogP contribution in [0.2, 0.25) is 0 Å². The van der Waals surface area contributed by atoms with Gasteiger partial charge in [0.05, 0.1) is 0 Å². The summed E-state index contributed by atoms with van der Waals surface area (Å²) < 4.78 is 4.53. The summed E-state index contributed by atoms with van der Waals surface area (Å²) in [6.45, 7) is 11.4. The Morgan fingerprint density at radius 3 is 1.35 bits per heavy atom. The summed E-state index contributed by atoms with van der Waals surface area (Å²) in [4.78, 5) is 0. The number of para-hydroxylation sites is 2. The van der Waals surface area contributed by atoms with Crippen molar-refractivity contribution in [3.63, 3.8) is 0 Å². The Morgan fingerprint density at radius 2 is 1.04 bits per heavy atom. The van der Waals surface area contributed by atoms with Gasteiger partial charge in [0.15, 0.2) is 0 Å². The molecule has 0 bridgehead atoms. The van der Waals surface area contributed by atoms with Gasteiger partial charge >= 0.3 is 37.9 Å². The molecule has 0 aliphatic heterocycles. The Balaban J connectivity index is 0.00000105. The average molecular weight is 474 g/mol. The Morgan fingerprint density at radius 1 is 0.731 bits per heavy atom. The zero-order valence-corrected chi connectivity index (χ0v) is 19.9. The summed E-state index contributed by atoms with van der Waals surface area (Å²) in [6, 6.07) is 12.6. The first-order valence-electron chi connectivity index (χ1n) is 8.58. The van der Waals surface area contributed by atoms with Crippen molar-refractivity contribution in [2.24, 2.45) is 0 Å². The fourth-order valence-electron chi connectivity index (χ4n) is 2.69. The van der Waals surface area contributed by atoms with E-state index < -0.39 is 20.8 Å². The van der Waals surface area contributed by atoms with Gasteiger partial charge in [-0.2, -0.15) is 0 Å². The first-order valence-corrected chi connectivity index (χ1v) is 14.9. The molecule has 0 aliphatic rings. The molecule has 0 spiro atoms. The summed E-state index contributed by atoms with van der Waals surface area (Å²) in [6.07, 6.45) is 0. The van der Waals surface area contributed by atoms with E-state index in [1.807, 2.05) is 0 Å². The van der Waals surface area contributed by atoms with Gasteiger partial charge in [-0.15, -0.1) is 11.4 Å². The first-order chi connectivity index (χ1) is 12.5. The minimum atomic E-state index is -0.826. The standard InChI is InChI=1S/C20H26N2O.2ClH.Zr/c1-15-7-5-8-16(2)19(15)21-11-13-23-14-12-22-20-17(3)9-6-10-18(20)4;;;/h5-10H,11-14H2,1-4H3;2*1H;/q-2;;;+2/p-1. The van der Waals surface area contributed by atoms with Gasteiger partial charge in [-0.1, -0.05) is 71.7 Å². The molecule has 1 N–H and O–H groups in total. The van der Waals surface area contributed by atoms with Gasteiger partial charge in [-0.3, -0.25) is 0 Å². The van der Waals surface area contributed by atoms with E-state index in [4.69, 9.17) is 17.0 Å². The molecular formula is C20H27Cl2N2OZr-. The second kappa shape index (κ2) is 13.6. The van der Waals surface area contributed by atoms with Crippen LogP contribution in [0.1, 0.15) is 22.3 Å². The zero-order valence-electron chi connectivity index (χ0n) is 15.9. The van der Waals surface area contributed by atoms with Crippen LogP contribution in [-0.2, 0) is 20.8 Å². The molecule has 2 rings (SSSR count). The molecule has 0 saturated carbocycles. The van der Waals surface area contributed by atoms with Crippen LogP contribution < -0.4 is 0 Å².